The van der Waals surface area contributed by atoms with E-state index in [1.54, 1.807) is 11.9 Å². The lowest BCUT2D eigenvalue weighted by atomic mass is 9.83. The first-order valence-electron chi connectivity index (χ1n) is 11.6. The molecule has 10 heteroatoms. The Kier molecular flexibility index (Phi) is 5.70. The molecule has 0 spiro atoms. The van der Waals surface area contributed by atoms with E-state index in [2.05, 4.69) is 16.2 Å². The fraction of sp³-hybridized carbons (Fsp3) is 0.905. The maximum absolute atomic E-state index is 14.0. The molecule has 31 heavy (non-hydrogen) atoms. The van der Waals surface area contributed by atoms with Crippen molar-refractivity contribution >= 4 is 23.4 Å². The molecule has 4 N–H and O–H groups in total. The largest absolute Gasteiger partial charge is 0.394 e. The summed E-state index contributed by atoms with van der Waals surface area (Å²) >= 11 is 6.32. The molecule has 0 aromatic heterocycles. The van der Waals surface area contributed by atoms with Crippen molar-refractivity contribution in [3.05, 3.63) is 0 Å². The van der Waals surface area contributed by atoms with Gasteiger partial charge in [-0.05, 0) is 44.4 Å². The van der Waals surface area contributed by atoms with Gasteiger partial charge in [-0.15, -0.1) is 11.6 Å². The number of piperidine rings is 1. The molecule has 5 fully saturated rings. The van der Waals surface area contributed by atoms with E-state index in [9.17, 15) is 19.1 Å². The summed E-state index contributed by atoms with van der Waals surface area (Å²) in [7, 11) is 1.76. The second-order valence-electron chi connectivity index (χ2n) is 10.2. The number of amides is 2. The lowest BCUT2D eigenvalue weighted by Crippen LogP contribution is -2.56. The van der Waals surface area contributed by atoms with E-state index < -0.39 is 23.1 Å². The predicted octanol–water partition coefficient (Wildman–Crippen LogP) is -0.251. The topological polar surface area (TPSA) is 96.9 Å². The van der Waals surface area contributed by atoms with Crippen molar-refractivity contribution in [3.8, 4) is 0 Å². The number of hydrogen-bond acceptors (Lipinski definition) is 6. The van der Waals surface area contributed by atoms with Gasteiger partial charge in [0.25, 0.3) is 0 Å². The number of nitrogens with zero attached hydrogens (tertiary/aromatic N) is 2. The SMILES string of the molecule is CN(C(=O)C1NNC2CCN(C(=O)C3CC4C(CCC(F)C4Cl)N3)CC21)C1(CO)CC1. The third-order valence-corrected chi connectivity index (χ3v) is 9.09. The molecule has 5 aliphatic rings. The Morgan fingerprint density at radius 1 is 1.19 bits per heavy atom. The summed E-state index contributed by atoms with van der Waals surface area (Å²) in [5.41, 5.74) is 5.97. The van der Waals surface area contributed by atoms with Crippen molar-refractivity contribution < 1.29 is 19.1 Å². The van der Waals surface area contributed by atoms with Gasteiger partial charge in [0.1, 0.15) is 12.2 Å². The van der Waals surface area contributed by atoms with Crippen molar-refractivity contribution in [3.63, 3.8) is 0 Å². The Labute approximate surface area is 187 Å². The molecule has 0 aromatic rings. The van der Waals surface area contributed by atoms with Crippen LogP contribution in [0.1, 0.15) is 38.5 Å². The monoisotopic (exact) mass is 457 g/mol. The van der Waals surface area contributed by atoms with E-state index in [1.807, 2.05) is 4.90 Å². The van der Waals surface area contributed by atoms with Crippen LogP contribution in [0.5, 0.6) is 0 Å². The van der Waals surface area contributed by atoms with Crippen molar-refractivity contribution in [1.82, 2.24) is 26.0 Å². The Morgan fingerprint density at radius 2 is 1.97 bits per heavy atom. The summed E-state index contributed by atoms with van der Waals surface area (Å²) in [6, 6.07) is -0.518. The average molecular weight is 458 g/mol. The standard InChI is InChI=1S/C21H33ClFN5O3/c1-27(21(10-29)5-6-21)20(31)18-12-9-28(7-4-15(12)25-26-18)19(30)16-8-11-14(24-16)3-2-13(23)17(11)22/h11-18,24-26,29H,2-10H2,1H3. The number of carbonyl (C=O) groups excluding carboxylic acids is 2. The molecule has 2 amide bonds. The van der Waals surface area contributed by atoms with E-state index in [0.29, 0.717) is 32.4 Å². The maximum Gasteiger partial charge on any atom is 0.241 e. The predicted molar refractivity (Wildman–Crippen MR) is 113 cm³/mol. The molecule has 3 heterocycles. The average Bonchev–Trinajstić information content (AvgIpc) is 3.27. The molecule has 3 saturated heterocycles. The quantitative estimate of drug-likeness (QED) is 0.435. The van der Waals surface area contributed by atoms with E-state index >= 15 is 0 Å². The van der Waals surface area contributed by atoms with Crippen LogP contribution in [0.25, 0.3) is 0 Å². The minimum absolute atomic E-state index is 0.0112. The molecular weight excluding hydrogens is 425 g/mol. The molecule has 174 valence electrons. The first-order valence-corrected chi connectivity index (χ1v) is 12.0. The number of carbonyl (C=O) groups is 2. The Bertz CT molecular complexity index is 740. The molecule has 5 rings (SSSR count). The molecule has 2 aliphatic carbocycles. The van der Waals surface area contributed by atoms with E-state index in [4.69, 9.17) is 11.6 Å². The van der Waals surface area contributed by atoms with E-state index in [1.165, 1.54) is 0 Å². The highest BCUT2D eigenvalue weighted by molar-refractivity contribution is 6.21. The third-order valence-electron chi connectivity index (χ3n) is 8.50. The number of hydrazine groups is 1. The fourth-order valence-electron chi connectivity index (χ4n) is 6.13. The van der Waals surface area contributed by atoms with Crippen LogP contribution in [0.2, 0.25) is 0 Å². The number of likely N-dealkylation sites (N-methyl/N-ethyl adjacent to an activating group) is 1. The van der Waals surface area contributed by atoms with Crippen molar-refractivity contribution in [2.75, 3.05) is 26.7 Å². The van der Waals surface area contributed by atoms with Gasteiger partial charge in [0, 0.05) is 38.1 Å². The molecule has 8 nitrogen and oxygen atoms in total. The number of aliphatic hydroxyl groups is 1. The van der Waals surface area contributed by atoms with Crippen LogP contribution >= 0.6 is 11.6 Å². The summed E-state index contributed by atoms with van der Waals surface area (Å²) < 4.78 is 14.0. The van der Waals surface area contributed by atoms with Crippen molar-refractivity contribution in [2.24, 2.45) is 11.8 Å². The Morgan fingerprint density at radius 3 is 2.68 bits per heavy atom. The van der Waals surface area contributed by atoms with Crippen molar-refractivity contribution in [1.29, 1.82) is 0 Å². The number of rotatable bonds is 4. The van der Waals surface area contributed by atoms with Crippen LogP contribution in [-0.4, -0.2) is 94.7 Å². The zero-order valence-corrected chi connectivity index (χ0v) is 18.7. The van der Waals surface area contributed by atoms with Gasteiger partial charge >= 0.3 is 0 Å². The van der Waals surface area contributed by atoms with Gasteiger partial charge in [-0.25, -0.2) is 9.82 Å². The molecule has 0 bridgehead atoms. The van der Waals surface area contributed by atoms with Gasteiger partial charge in [-0.1, -0.05) is 0 Å². The van der Waals surface area contributed by atoms with Gasteiger partial charge in [-0.3, -0.25) is 15.0 Å². The van der Waals surface area contributed by atoms with Crippen molar-refractivity contribution in [2.45, 2.75) is 79.8 Å². The minimum atomic E-state index is -0.998. The zero-order valence-electron chi connectivity index (χ0n) is 17.9. The maximum atomic E-state index is 14.0. The van der Waals surface area contributed by atoms with Crippen LogP contribution < -0.4 is 16.2 Å². The number of alkyl halides is 2. The van der Waals surface area contributed by atoms with E-state index in [-0.39, 0.29) is 48.4 Å². The highest BCUT2D eigenvalue weighted by atomic mass is 35.5. The summed E-state index contributed by atoms with van der Waals surface area (Å²) in [4.78, 5) is 30.0. The number of hydrogen-bond donors (Lipinski definition) is 4. The lowest BCUT2D eigenvalue weighted by Gasteiger charge is -2.38. The van der Waals surface area contributed by atoms with Gasteiger partial charge in [0.2, 0.25) is 11.8 Å². The lowest BCUT2D eigenvalue weighted by molar-refractivity contribution is -0.140. The van der Waals surface area contributed by atoms with Gasteiger partial charge in [-0.2, -0.15) is 0 Å². The number of likely N-dealkylation sites (tertiary alicyclic amines) is 1. The van der Waals surface area contributed by atoms with Gasteiger partial charge in [0.15, 0.2) is 0 Å². The van der Waals surface area contributed by atoms with Crippen LogP contribution in [0.3, 0.4) is 0 Å². The van der Waals surface area contributed by atoms with Crippen LogP contribution in [0, 0.1) is 11.8 Å². The van der Waals surface area contributed by atoms with Crippen LogP contribution in [0.15, 0.2) is 0 Å². The normalized spacial score (nSPS) is 43.3. The van der Waals surface area contributed by atoms with E-state index in [0.717, 1.165) is 19.3 Å². The highest BCUT2D eigenvalue weighted by Gasteiger charge is 2.53. The van der Waals surface area contributed by atoms with Gasteiger partial charge in [0.05, 0.1) is 23.6 Å². The Hall–Kier alpha value is -1.00. The van der Waals surface area contributed by atoms with Gasteiger partial charge < -0.3 is 20.2 Å². The number of halogens is 2. The summed E-state index contributed by atoms with van der Waals surface area (Å²) in [5.74, 6) is -0.0397. The molecular formula is C21H33ClFN5O3. The molecule has 3 aliphatic heterocycles. The summed E-state index contributed by atoms with van der Waals surface area (Å²) in [6.45, 7) is 1.12. The smallest absolute Gasteiger partial charge is 0.241 e. The summed E-state index contributed by atoms with van der Waals surface area (Å²) in [6.07, 6.45) is 3.15. The van der Waals surface area contributed by atoms with Crippen LogP contribution in [0.4, 0.5) is 4.39 Å². The zero-order chi connectivity index (χ0) is 21.9. The third kappa shape index (κ3) is 3.66. The first-order chi connectivity index (χ1) is 14.8. The summed E-state index contributed by atoms with van der Waals surface area (Å²) in [5, 5.41) is 12.6. The molecule has 8 unspecified atom stereocenters. The second-order valence-corrected chi connectivity index (χ2v) is 10.7. The molecule has 0 radical (unpaired) electrons. The number of aliphatic hydroxyl groups excluding tert-OH is 1. The second kappa shape index (κ2) is 8.09. The molecule has 2 saturated carbocycles. The molecule has 8 atom stereocenters. The Balaban J connectivity index is 1.23. The van der Waals surface area contributed by atoms with Crippen LogP contribution in [-0.2, 0) is 9.59 Å². The minimum Gasteiger partial charge on any atom is -0.394 e. The number of fused-ring (bicyclic) bond motifs is 2. The highest BCUT2D eigenvalue weighted by Crippen LogP contribution is 2.42. The fourth-order valence-corrected chi connectivity index (χ4v) is 6.53. The number of nitrogens with one attached hydrogen (secondary N) is 3. The molecule has 0 aromatic carbocycles. The first kappa shape index (κ1) is 21.8.